The number of carbonyl (C=O) groups is 1. The topological polar surface area (TPSA) is 117 Å². The number of imidazole rings is 1. The molecule has 4 rings (SSSR count). The van der Waals surface area contributed by atoms with Crippen molar-refractivity contribution < 1.29 is 13.2 Å². The number of hydrogen-bond acceptors (Lipinski definition) is 5. The van der Waals surface area contributed by atoms with Gasteiger partial charge in [-0.25, -0.2) is 18.1 Å². The highest BCUT2D eigenvalue weighted by atomic mass is 32.2. The molecule has 31 heavy (non-hydrogen) atoms. The number of nitrogens with one attached hydrogen (secondary N) is 2. The number of benzene rings is 2. The minimum atomic E-state index is -3.73. The van der Waals surface area contributed by atoms with Gasteiger partial charge in [-0.15, -0.1) is 0 Å². The van der Waals surface area contributed by atoms with Gasteiger partial charge in [0, 0.05) is 30.1 Å². The molecule has 9 nitrogen and oxygen atoms in total. The number of aromatic nitrogens is 3. The standard InChI is InChI=1S/C21H21N5O4S/c1-3-25(4-2)31(29,30)14-9-10-17-15(11-14)16(12-20(27)23-17)21(28)24-26-13-22-18-7-5-6-8-19(18)26/h5-13H,3-4H2,1-2H3,(H,23,27)(H,24,28). The maximum atomic E-state index is 13.1. The lowest BCUT2D eigenvalue weighted by Crippen LogP contribution is -2.30. The maximum Gasteiger partial charge on any atom is 0.271 e. The quantitative estimate of drug-likeness (QED) is 0.478. The number of rotatable bonds is 6. The van der Waals surface area contributed by atoms with Crippen LogP contribution in [0, 0.1) is 0 Å². The third-order valence-electron chi connectivity index (χ3n) is 5.08. The first-order valence-corrected chi connectivity index (χ1v) is 11.2. The Labute approximate surface area is 178 Å². The van der Waals surface area contributed by atoms with Crippen molar-refractivity contribution in [2.24, 2.45) is 0 Å². The number of hydrogen-bond donors (Lipinski definition) is 2. The van der Waals surface area contributed by atoms with Crippen LogP contribution in [-0.4, -0.2) is 46.4 Å². The molecule has 0 unspecified atom stereocenters. The Morgan fingerprint density at radius 2 is 1.87 bits per heavy atom. The molecule has 0 aliphatic heterocycles. The van der Waals surface area contributed by atoms with Gasteiger partial charge in [0.1, 0.15) is 6.33 Å². The minimum Gasteiger partial charge on any atom is -0.322 e. The second-order valence-corrected chi connectivity index (χ2v) is 8.83. The lowest BCUT2D eigenvalue weighted by Gasteiger charge is -2.19. The minimum absolute atomic E-state index is 0.0536. The van der Waals surface area contributed by atoms with Crippen molar-refractivity contribution in [2.75, 3.05) is 18.5 Å². The summed E-state index contributed by atoms with van der Waals surface area (Å²) in [5.41, 5.74) is 4.06. The van der Waals surface area contributed by atoms with Gasteiger partial charge >= 0.3 is 0 Å². The van der Waals surface area contributed by atoms with E-state index in [4.69, 9.17) is 0 Å². The van der Waals surface area contributed by atoms with E-state index >= 15 is 0 Å². The zero-order valence-corrected chi connectivity index (χ0v) is 17.8. The molecular weight excluding hydrogens is 418 g/mol. The molecule has 0 aliphatic rings. The third-order valence-corrected chi connectivity index (χ3v) is 7.12. The molecule has 4 aromatic rings. The molecule has 0 spiro atoms. The molecule has 0 fully saturated rings. The molecule has 160 valence electrons. The first-order chi connectivity index (χ1) is 14.8. The van der Waals surface area contributed by atoms with Gasteiger partial charge in [0.05, 0.1) is 21.5 Å². The molecule has 2 aromatic carbocycles. The Hall–Kier alpha value is -3.50. The molecule has 2 N–H and O–H groups in total. The SMILES string of the molecule is CCN(CC)S(=O)(=O)c1ccc2[nH]c(=O)cc(C(=O)Nn3cnc4ccccc43)c2c1. The fraction of sp³-hybridized carbons (Fsp3) is 0.190. The van der Waals surface area contributed by atoms with Crippen LogP contribution < -0.4 is 11.0 Å². The zero-order chi connectivity index (χ0) is 22.2. The first kappa shape index (κ1) is 20.8. The average molecular weight is 439 g/mol. The van der Waals surface area contributed by atoms with Gasteiger partial charge in [0.25, 0.3) is 5.91 Å². The Bertz CT molecular complexity index is 1450. The van der Waals surface area contributed by atoms with E-state index in [-0.39, 0.29) is 10.5 Å². The van der Waals surface area contributed by atoms with E-state index in [2.05, 4.69) is 15.4 Å². The lowest BCUT2D eigenvalue weighted by molar-refractivity contribution is 0.101. The van der Waals surface area contributed by atoms with Crippen LogP contribution in [0.25, 0.3) is 21.9 Å². The molecule has 0 bridgehead atoms. The van der Waals surface area contributed by atoms with Gasteiger partial charge in [-0.2, -0.15) is 4.31 Å². The molecular formula is C21H21N5O4S. The Kier molecular flexibility index (Phi) is 5.34. The summed E-state index contributed by atoms with van der Waals surface area (Å²) in [4.78, 5) is 32.1. The van der Waals surface area contributed by atoms with E-state index in [1.807, 2.05) is 18.2 Å². The number of amides is 1. The highest BCUT2D eigenvalue weighted by Gasteiger charge is 2.23. The number of pyridine rings is 1. The third kappa shape index (κ3) is 3.71. The maximum absolute atomic E-state index is 13.1. The van der Waals surface area contributed by atoms with Crippen molar-refractivity contribution in [3.05, 3.63) is 70.8 Å². The van der Waals surface area contributed by atoms with E-state index in [0.717, 1.165) is 6.07 Å². The number of fused-ring (bicyclic) bond motifs is 2. The molecule has 0 atom stereocenters. The Morgan fingerprint density at radius 3 is 2.61 bits per heavy atom. The number of para-hydroxylation sites is 2. The van der Waals surface area contributed by atoms with Gasteiger partial charge < -0.3 is 4.98 Å². The molecule has 10 heteroatoms. The Balaban J connectivity index is 1.81. The molecule has 2 heterocycles. The lowest BCUT2D eigenvalue weighted by atomic mass is 10.1. The second kappa shape index (κ2) is 7.97. The van der Waals surface area contributed by atoms with Gasteiger partial charge in [0.2, 0.25) is 15.6 Å². The van der Waals surface area contributed by atoms with Crippen molar-refractivity contribution in [1.29, 1.82) is 0 Å². The van der Waals surface area contributed by atoms with Crippen molar-refractivity contribution in [3.63, 3.8) is 0 Å². The van der Waals surface area contributed by atoms with Crippen LogP contribution in [0.2, 0.25) is 0 Å². The summed E-state index contributed by atoms with van der Waals surface area (Å²) < 4.78 is 28.7. The summed E-state index contributed by atoms with van der Waals surface area (Å²) in [6.07, 6.45) is 1.47. The fourth-order valence-corrected chi connectivity index (χ4v) is 5.00. The summed E-state index contributed by atoms with van der Waals surface area (Å²) in [7, 11) is -3.73. The fourth-order valence-electron chi connectivity index (χ4n) is 3.51. The average Bonchev–Trinajstić information content (AvgIpc) is 3.16. The predicted molar refractivity (Wildman–Crippen MR) is 118 cm³/mol. The van der Waals surface area contributed by atoms with Crippen molar-refractivity contribution in [2.45, 2.75) is 18.7 Å². The molecule has 1 amide bonds. The highest BCUT2D eigenvalue weighted by Crippen LogP contribution is 2.23. The second-order valence-electron chi connectivity index (χ2n) is 6.89. The van der Waals surface area contributed by atoms with Crippen LogP contribution >= 0.6 is 0 Å². The summed E-state index contributed by atoms with van der Waals surface area (Å²) in [6.45, 7) is 4.16. The van der Waals surface area contributed by atoms with Gasteiger partial charge in [-0.3, -0.25) is 15.0 Å². The van der Waals surface area contributed by atoms with Gasteiger partial charge in [0.15, 0.2) is 0 Å². The van der Waals surface area contributed by atoms with E-state index in [1.54, 1.807) is 19.9 Å². The smallest absolute Gasteiger partial charge is 0.271 e. The zero-order valence-electron chi connectivity index (χ0n) is 17.0. The monoisotopic (exact) mass is 439 g/mol. The van der Waals surface area contributed by atoms with Crippen molar-refractivity contribution >= 4 is 37.9 Å². The van der Waals surface area contributed by atoms with E-state index in [1.165, 1.54) is 33.5 Å². The van der Waals surface area contributed by atoms with Crippen LogP contribution in [-0.2, 0) is 10.0 Å². The van der Waals surface area contributed by atoms with Crippen molar-refractivity contribution in [1.82, 2.24) is 18.9 Å². The summed E-state index contributed by atoms with van der Waals surface area (Å²) >= 11 is 0. The number of aromatic amines is 1. The first-order valence-electron chi connectivity index (χ1n) is 9.75. The Morgan fingerprint density at radius 1 is 1.13 bits per heavy atom. The molecule has 0 saturated carbocycles. The van der Waals surface area contributed by atoms with Crippen LogP contribution in [0.15, 0.2) is 64.5 Å². The van der Waals surface area contributed by atoms with Crippen molar-refractivity contribution in [3.8, 4) is 0 Å². The van der Waals surface area contributed by atoms with Crippen LogP contribution in [0.5, 0.6) is 0 Å². The molecule has 2 aromatic heterocycles. The molecule has 0 aliphatic carbocycles. The van der Waals surface area contributed by atoms with E-state index in [9.17, 15) is 18.0 Å². The van der Waals surface area contributed by atoms with Crippen LogP contribution in [0.3, 0.4) is 0 Å². The largest absolute Gasteiger partial charge is 0.322 e. The van der Waals surface area contributed by atoms with E-state index in [0.29, 0.717) is 35.0 Å². The highest BCUT2D eigenvalue weighted by molar-refractivity contribution is 7.89. The number of nitrogens with zero attached hydrogens (tertiary/aromatic N) is 3. The summed E-state index contributed by atoms with van der Waals surface area (Å²) in [6, 6.07) is 12.8. The number of carbonyl (C=O) groups excluding carboxylic acids is 1. The molecule has 0 saturated heterocycles. The van der Waals surface area contributed by atoms with Crippen LogP contribution in [0.4, 0.5) is 0 Å². The normalized spacial score (nSPS) is 12.0. The summed E-state index contributed by atoms with van der Waals surface area (Å²) in [5, 5.41) is 0.328. The summed E-state index contributed by atoms with van der Waals surface area (Å²) in [5.74, 6) is -0.559. The predicted octanol–water partition coefficient (Wildman–Crippen LogP) is 2.29. The van der Waals surface area contributed by atoms with Gasteiger partial charge in [-0.1, -0.05) is 26.0 Å². The van der Waals surface area contributed by atoms with Crippen LogP contribution in [0.1, 0.15) is 24.2 Å². The van der Waals surface area contributed by atoms with E-state index < -0.39 is 21.5 Å². The number of sulfonamides is 1. The van der Waals surface area contributed by atoms with Gasteiger partial charge in [-0.05, 0) is 30.3 Å². The number of H-pyrrole nitrogens is 1. The molecule has 0 radical (unpaired) electrons.